The number of para-hydroxylation sites is 2. The van der Waals surface area contributed by atoms with Gasteiger partial charge >= 0.3 is 6.61 Å². The van der Waals surface area contributed by atoms with Crippen molar-refractivity contribution in [2.75, 3.05) is 0 Å². The van der Waals surface area contributed by atoms with Crippen LogP contribution in [0.1, 0.15) is 11.4 Å². The van der Waals surface area contributed by atoms with Crippen LogP contribution in [-0.2, 0) is 21.3 Å². The van der Waals surface area contributed by atoms with E-state index in [-0.39, 0.29) is 23.0 Å². The van der Waals surface area contributed by atoms with Crippen LogP contribution in [-0.4, -0.2) is 29.8 Å². The number of benzene rings is 2. The number of hydrogen-bond donors (Lipinski definition) is 0. The Morgan fingerprint density at radius 1 is 1.00 bits per heavy atom. The molecule has 32 heavy (non-hydrogen) atoms. The van der Waals surface area contributed by atoms with Gasteiger partial charge in [-0.25, -0.2) is 8.42 Å². The van der Waals surface area contributed by atoms with Gasteiger partial charge in [0, 0.05) is 5.02 Å². The summed E-state index contributed by atoms with van der Waals surface area (Å²) in [6.07, 6.45) is 0. The highest BCUT2D eigenvalue weighted by Crippen LogP contribution is 2.32. The average molecular weight is 496 g/mol. The summed E-state index contributed by atoms with van der Waals surface area (Å²) in [5.74, 6) is -0.372. The third kappa shape index (κ3) is 5.14. The van der Waals surface area contributed by atoms with Gasteiger partial charge in [-0.3, -0.25) is 4.57 Å². The fourth-order valence-corrected chi connectivity index (χ4v) is 5.36. The zero-order chi connectivity index (χ0) is 22.7. The van der Waals surface area contributed by atoms with E-state index in [0.29, 0.717) is 21.3 Å². The van der Waals surface area contributed by atoms with Crippen LogP contribution in [0.25, 0.3) is 16.4 Å². The lowest BCUT2D eigenvalue weighted by Crippen LogP contribution is -2.14. The number of nitrogens with zero attached hydrogens (tertiary/aromatic N) is 3. The fraction of sp³-hybridized carbons (Fsp3) is 0.143. The lowest BCUT2D eigenvalue weighted by molar-refractivity contribution is -0.0498. The largest absolute Gasteiger partial charge is 0.433 e. The van der Waals surface area contributed by atoms with Crippen LogP contribution in [0, 0.1) is 0 Å². The molecule has 0 aliphatic rings. The van der Waals surface area contributed by atoms with Crippen molar-refractivity contribution in [1.82, 2.24) is 14.8 Å². The molecule has 0 saturated heterocycles. The number of ether oxygens (including phenoxy) is 1. The minimum Gasteiger partial charge on any atom is -0.433 e. The Balaban J connectivity index is 1.76. The van der Waals surface area contributed by atoms with Gasteiger partial charge in [-0.1, -0.05) is 41.9 Å². The Kier molecular flexibility index (Phi) is 6.54. The minimum atomic E-state index is -3.67. The summed E-state index contributed by atoms with van der Waals surface area (Å²) >= 11 is 7.23. The van der Waals surface area contributed by atoms with E-state index in [1.165, 1.54) is 22.0 Å². The third-order valence-electron chi connectivity index (χ3n) is 4.44. The van der Waals surface area contributed by atoms with E-state index in [1.807, 2.05) is 5.38 Å². The van der Waals surface area contributed by atoms with Gasteiger partial charge in [0.05, 0.1) is 16.3 Å². The van der Waals surface area contributed by atoms with Crippen molar-refractivity contribution >= 4 is 32.8 Å². The molecule has 0 fully saturated rings. The lowest BCUT2D eigenvalue weighted by Gasteiger charge is -2.15. The summed E-state index contributed by atoms with van der Waals surface area (Å²) < 4.78 is 58.0. The second-order valence-electron chi connectivity index (χ2n) is 6.76. The molecule has 0 spiro atoms. The molecule has 2 aromatic carbocycles. The molecule has 0 bridgehead atoms. The minimum absolute atomic E-state index is 0.0904. The van der Waals surface area contributed by atoms with Gasteiger partial charge in [0.25, 0.3) is 0 Å². The maximum absolute atomic E-state index is 13.0. The number of aromatic nitrogens is 3. The number of sulfone groups is 1. The van der Waals surface area contributed by atoms with Gasteiger partial charge in [0.2, 0.25) is 0 Å². The maximum atomic E-state index is 13.0. The quantitative estimate of drug-likeness (QED) is 0.329. The predicted molar refractivity (Wildman–Crippen MR) is 119 cm³/mol. The summed E-state index contributed by atoms with van der Waals surface area (Å²) in [6.45, 7) is -3.05. The second kappa shape index (κ2) is 9.35. The summed E-state index contributed by atoms with van der Waals surface area (Å²) in [7, 11) is -3.67. The molecule has 4 aromatic rings. The van der Waals surface area contributed by atoms with E-state index in [0.717, 1.165) is 0 Å². The first-order valence-electron chi connectivity index (χ1n) is 9.29. The highest BCUT2D eigenvalue weighted by Gasteiger charge is 2.24. The Morgan fingerprint density at radius 3 is 2.44 bits per heavy atom. The number of rotatable bonds is 8. The number of thiophene rings is 1. The standard InChI is InChI=1S/C21H16ClF2N3O3S2/c22-15-9-7-14(8-10-15)12-32(28,29)13-19-25-26-20(18-6-3-11-31-18)27(19)16-4-1-2-5-17(16)30-21(23)24/h1-11,21H,12-13H2. The van der Waals surface area contributed by atoms with E-state index in [4.69, 9.17) is 11.6 Å². The molecule has 2 aromatic heterocycles. The summed E-state index contributed by atoms with van der Waals surface area (Å²) in [4.78, 5) is 0.700. The molecule has 0 saturated carbocycles. The average Bonchev–Trinajstić information content (AvgIpc) is 3.39. The van der Waals surface area contributed by atoms with Crippen LogP contribution < -0.4 is 4.74 Å². The monoisotopic (exact) mass is 495 g/mol. The van der Waals surface area contributed by atoms with Crippen LogP contribution in [0.2, 0.25) is 5.02 Å². The molecule has 2 heterocycles. The summed E-state index contributed by atoms with van der Waals surface area (Å²) in [5, 5.41) is 10.6. The normalized spacial score (nSPS) is 11.8. The topological polar surface area (TPSA) is 74.1 Å². The van der Waals surface area contributed by atoms with Gasteiger partial charge < -0.3 is 4.74 Å². The number of hydrogen-bond acceptors (Lipinski definition) is 6. The van der Waals surface area contributed by atoms with Gasteiger partial charge in [-0.05, 0) is 41.3 Å². The Bertz CT molecular complexity index is 1310. The fourth-order valence-electron chi connectivity index (χ4n) is 3.15. The molecule has 6 nitrogen and oxygen atoms in total. The molecule has 0 atom stereocenters. The first-order chi connectivity index (χ1) is 15.3. The zero-order valence-corrected chi connectivity index (χ0v) is 18.7. The SMILES string of the molecule is O=S(=O)(Cc1ccc(Cl)cc1)Cc1nnc(-c2cccs2)n1-c1ccccc1OC(F)F. The predicted octanol–water partition coefficient (Wildman–Crippen LogP) is 5.37. The Morgan fingerprint density at radius 2 is 1.75 bits per heavy atom. The molecule has 0 N–H and O–H groups in total. The van der Waals surface area contributed by atoms with Crippen molar-refractivity contribution in [2.24, 2.45) is 0 Å². The van der Waals surface area contributed by atoms with Crippen molar-refractivity contribution in [1.29, 1.82) is 0 Å². The molecular weight excluding hydrogens is 480 g/mol. The Labute approximate surface area is 192 Å². The van der Waals surface area contributed by atoms with Gasteiger partial charge in [0.15, 0.2) is 21.5 Å². The van der Waals surface area contributed by atoms with Crippen LogP contribution in [0.5, 0.6) is 5.75 Å². The first-order valence-corrected chi connectivity index (χ1v) is 12.4. The third-order valence-corrected chi connectivity index (χ3v) is 7.03. The highest BCUT2D eigenvalue weighted by molar-refractivity contribution is 7.89. The smallest absolute Gasteiger partial charge is 0.387 e. The van der Waals surface area contributed by atoms with Crippen LogP contribution in [0.15, 0.2) is 66.0 Å². The summed E-state index contributed by atoms with van der Waals surface area (Å²) in [5.41, 5.74) is 0.790. The number of halogens is 3. The van der Waals surface area contributed by atoms with Gasteiger partial charge in [0.1, 0.15) is 11.5 Å². The zero-order valence-electron chi connectivity index (χ0n) is 16.4. The van der Waals surface area contributed by atoms with Crippen LogP contribution >= 0.6 is 22.9 Å². The lowest BCUT2D eigenvalue weighted by atomic mass is 10.2. The van der Waals surface area contributed by atoms with Gasteiger partial charge in [-0.2, -0.15) is 8.78 Å². The number of alkyl halides is 2. The Hall–Kier alpha value is -2.82. The van der Waals surface area contributed by atoms with Crippen LogP contribution in [0.4, 0.5) is 8.78 Å². The molecule has 0 unspecified atom stereocenters. The van der Waals surface area contributed by atoms with E-state index in [1.54, 1.807) is 54.6 Å². The van der Waals surface area contributed by atoms with Crippen molar-refractivity contribution < 1.29 is 21.9 Å². The molecule has 166 valence electrons. The summed E-state index contributed by atoms with van der Waals surface area (Å²) in [6, 6.07) is 16.2. The van der Waals surface area contributed by atoms with E-state index >= 15 is 0 Å². The molecule has 4 rings (SSSR count). The van der Waals surface area contributed by atoms with Crippen molar-refractivity contribution in [2.45, 2.75) is 18.1 Å². The molecule has 0 radical (unpaired) electrons. The second-order valence-corrected chi connectivity index (χ2v) is 10.2. The van der Waals surface area contributed by atoms with E-state index in [2.05, 4.69) is 14.9 Å². The molecule has 0 aliphatic heterocycles. The van der Waals surface area contributed by atoms with Crippen LogP contribution in [0.3, 0.4) is 0 Å². The van der Waals surface area contributed by atoms with E-state index in [9.17, 15) is 17.2 Å². The van der Waals surface area contributed by atoms with E-state index < -0.39 is 22.2 Å². The van der Waals surface area contributed by atoms with Gasteiger partial charge in [-0.15, -0.1) is 21.5 Å². The molecular formula is C21H16ClF2N3O3S2. The van der Waals surface area contributed by atoms with Crippen molar-refractivity contribution in [3.8, 4) is 22.1 Å². The maximum Gasteiger partial charge on any atom is 0.387 e. The highest BCUT2D eigenvalue weighted by atomic mass is 35.5. The first kappa shape index (κ1) is 22.4. The molecule has 0 aliphatic carbocycles. The van der Waals surface area contributed by atoms with Crippen molar-refractivity contribution in [3.05, 3.63) is 82.5 Å². The molecule has 11 heteroatoms. The molecule has 0 amide bonds. The van der Waals surface area contributed by atoms with Crippen molar-refractivity contribution in [3.63, 3.8) is 0 Å².